The fourth-order valence-corrected chi connectivity index (χ4v) is 4.89. The van der Waals surface area contributed by atoms with Crippen LogP contribution in [0.5, 0.6) is 11.5 Å². The van der Waals surface area contributed by atoms with Gasteiger partial charge in [0.1, 0.15) is 23.0 Å². The van der Waals surface area contributed by atoms with Crippen LogP contribution in [0.25, 0.3) is 11.3 Å². The van der Waals surface area contributed by atoms with Gasteiger partial charge in [0, 0.05) is 50.8 Å². The van der Waals surface area contributed by atoms with Crippen LogP contribution in [0.15, 0.2) is 89.5 Å². The molecule has 0 spiro atoms. The van der Waals surface area contributed by atoms with E-state index in [1.54, 1.807) is 12.1 Å². The number of ether oxygens (including phenoxy) is 1. The minimum Gasteiger partial charge on any atom is -0.457 e. The van der Waals surface area contributed by atoms with Crippen molar-refractivity contribution in [3.05, 3.63) is 102 Å². The van der Waals surface area contributed by atoms with E-state index < -0.39 is 11.7 Å². The zero-order valence-corrected chi connectivity index (χ0v) is 21.7. The molecular weight excluding hydrogens is 503 g/mol. The first kappa shape index (κ1) is 27.0. The summed E-state index contributed by atoms with van der Waals surface area (Å²) in [6, 6.07) is 25.3. The molecule has 1 aromatic heterocycles. The Labute approximate surface area is 226 Å². The average Bonchev–Trinajstić information content (AvgIpc) is 3.42. The highest BCUT2D eigenvalue weighted by molar-refractivity contribution is 5.61. The summed E-state index contributed by atoms with van der Waals surface area (Å²) in [5.74, 6) is 2.38. The maximum Gasteiger partial charge on any atom is 0.416 e. The third-order valence-electron chi connectivity index (χ3n) is 7.00. The van der Waals surface area contributed by atoms with Crippen molar-refractivity contribution < 1.29 is 22.4 Å². The Balaban J connectivity index is 1.04. The maximum atomic E-state index is 13.3. The smallest absolute Gasteiger partial charge is 0.416 e. The van der Waals surface area contributed by atoms with Crippen molar-refractivity contribution in [3.63, 3.8) is 0 Å². The van der Waals surface area contributed by atoms with Crippen LogP contribution in [0, 0.1) is 0 Å². The largest absolute Gasteiger partial charge is 0.457 e. The molecule has 1 saturated heterocycles. The van der Waals surface area contributed by atoms with Crippen molar-refractivity contribution in [2.75, 3.05) is 32.7 Å². The third-order valence-corrected chi connectivity index (χ3v) is 7.00. The van der Waals surface area contributed by atoms with Crippen LogP contribution in [-0.4, -0.2) is 47.7 Å². The number of benzene rings is 3. The lowest BCUT2D eigenvalue weighted by atomic mass is 10.1. The van der Waals surface area contributed by atoms with Gasteiger partial charge >= 0.3 is 6.18 Å². The molecule has 204 valence electrons. The zero-order chi connectivity index (χ0) is 27.1. The van der Waals surface area contributed by atoms with Gasteiger partial charge in [-0.05, 0) is 55.3 Å². The molecule has 0 N–H and O–H groups in total. The first-order valence-electron chi connectivity index (χ1n) is 13.3. The van der Waals surface area contributed by atoms with Crippen molar-refractivity contribution >= 4 is 0 Å². The predicted octanol–water partition coefficient (Wildman–Crippen LogP) is 7.29. The van der Waals surface area contributed by atoms with Gasteiger partial charge < -0.3 is 14.2 Å². The molecule has 5 nitrogen and oxygen atoms in total. The maximum absolute atomic E-state index is 13.3. The molecule has 0 atom stereocenters. The molecule has 0 aliphatic carbocycles. The van der Waals surface area contributed by atoms with Gasteiger partial charge in [-0.1, -0.05) is 53.7 Å². The van der Waals surface area contributed by atoms with E-state index in [9.17, 15) is 13.2 Å². The fourth-order valence-electron chi connectivity index (χ4n) is 4.89. The van der Waals surface area contributed by atoms with E-state index in [1.807, 2.05) is 60.7 Å². The summed E-state index contributed by atoms with van der Waals surface area (Å²) in [4.78, 5) is 4.49. The standard InChI is InChI=1S/C31H32F3N3O2/c32-31(33,34)29-15-5-4-9-25(29)23-37-19-17-36(18-20-37)16-7-6-13-28-22-30(35-39-28)24-10-8-14-27(21-24)38-26-11-2-1-3-12-26/h1-5,8-12,14-15,21-22H,6-7,13,16-20,23H2. The number of aromatic nitrogens is 1. The van der Waals surface area contributed by atoms with Crippen LogP contribution < -0.4 is 4.74 Å². The van der Waals surface area contributed by atoms with E-state index in [4.69, 9.17) is 9.26 Å². The Hall–Kier alpha value is -3.62. The first-order chi connectivity index (χ1) is 18.9. The summed E-state index contributed by atoms with van der Waals surface area (Å²) >= 11 is 0. The fraction of sp³-hybridized carbons (Fsp3) is 0.323. The van der Waals surface area contributed by atoms with Crippen molar-refractivity contribution in [1.29, 1.82) is 0 Å². The Morgan fingerprint density at radius 3 is 2.28 bits per heavy atom. The minimum atomic E-state index is -4.32. The molecule has 2 heterocycles. The summed E-state index contributed by atoms with van der Waals surface area (Å²) in [5.41, 5.74) is 1.54. The summed E-state index contributed by atoms with van der Waals surface area (Å²) in [7, 11) is 0. The van der Waals surface area contributed by atoms with Gasteiger partial charge in [0.2, 0.25) is 0 Å². The Kier molecular flexibility index (Phi) is 8.64. The lowest BCUT2D eigenvalue weighted by Crippen LogP contribution is -2.46. The lowest BCUT2D eigenvalue weighted by Gasteiger charge is -2.35. The molecule has 0 radical (unpaired) electrons. The first-order valence-corrected chi connectivity index (χ1v) is 13.3. The molecular formula is C31H32F3N3O2. The van der Waals surface area contributed by atoms with E-state index >= 15 is 0 Å². The van der Waals surface area contributed by atoms with Crippen molar-refractivity contribution in [2.45, 2.75) is 32.0 Å². The van der Waals surface area contributed by atoms with Crippen LogP contribution in [-0.2, 0) is 19.1 Å². The summed E-state index contributed by atoms with van der Waals surface area (Å²) in [5, 5.41) is 4.25. The second kappa shape index (κ2) is 12.5. The summed E-state index contributed by atoms with van der Waals surface area (Å²) in [6.07, 6.45) is -1.51. The molecule has 8 heteroatoms. The average molecular weight is 536 g/mol. The molecule has 0 unspecified atom stereocenters. The molecule has 4 aromatic rings. The van der Waals surface area contributed by atoms with Crippen molar-refractivity contribution in [3.8, 4) is 22.8 Å². The second-order valence-electron chi connectivity index (χ2n) is 9.85. The highest BCUT2D eigenvalue weighted by atomic mass is 19.4. The predicted molar refractivity (Wildman–Crippen MR) is 145 cm³/mol. The van der Waals surface area contributed by atoms with Crippen molar-refractivity contribution in [2.24, 2.45) is 0 Å². The SMILES string of the molecule is FC(F)(F)c1ccccc1CN1CCN(CCCCc2cc(-c3cccc(Oc4ccccc4)c3)no2)CC1. The molecule has 0 bridgehead atoms. The van der Waals surface area contributed by atoms with Crippen LogP contribution in [0.3, 0.4) is 0 Å². The van der Waals surface area contributed by atoms with Gasteiger partial charge in [-0.2, -0.15) is 13.2 Å². The summed E-state index contributed by atoms with van der Waals surface area (Å²) < 4.78 is 51.4. The molecule has 0 saturated carbocycles. The molecule has 3 aromatic carbocycles. The van der Waals surface area contributed by atoms with Crippen molar-refractivity contribution in [1.82, 2.24) is 15.0 Å². The molecule has 5 rings (SSSR count). The number of halogens is 3. The van der Waals surface area contributed by atoms with E-state index in [1.165, 1.54) is 12.1 Å². The van der Waals surface area contributed by atoms with Gasteiger partial charge in [0.15, 0.2) is 0 Å². The topological polar surface area (TPSA) is 41.7 Å². The van der Waals surface area contributed by atoms with Gasteiger partial charge in [0.25, 0.3) is 0 Å². The van der Waals surface area contributed by atoms with E-state index in [0.717, 1.165) is 80.5 Å². The molecule has 0 amide bonds. The second-order valence-corrected chi connectivity index (χ2v) is 9.85. The number of unbranched alkanes of at least 4 members (excludes halogenated alkanes) is 1. The van der Waals surface area contributed by atoms with E-state index in [0.29, 0.717) is 12.1 Å². The zero-order valence-electron chi connectivity index (χ0n) is 21.7. The van der Waals surface area contributed by atoms with Crippen LogP contribution >= 0.6 is 0 Å². The van der Waals surface area contributed by atoms with E-state index in [2.05, 4.69) is 15.0 Å². The highest BCUT2D eigenvalue weighted by Crippen LogP contribution is 2.32. The van der Waals surface area contributed by atoms with Gasteiger partial charge in [-0.25, -0.2) is 0 Å². The van der Waals surface area contributed by atoms with Gasteiger partial charge in [0.05, 0.1) is 5.56 Å². The number of alkyl halides is 3. The number of hydrogen-bond donors (Lipinski definition) is 0. The molecule has 39 heavy (non-hydrogen) atoms. The number of para-hydroxylation sites is 1. The molecule has 1 fully saturated rings. The Morgan fingerprint density at radius 1 is 0.769 bits per heavy atom. The van der Waals surface area contributed by atoms with Gasteiger partial charge in [-0.3, -0.25) is 4.90 Å². The number of piperazine rings is 1. The van der Waals surface area contributed by atoms with Gasteiger partial charge in [-0.15, -0.1) is 0 Å². The quantitative estimate of drug-likeness (QED) is 0.200. The number of nitrogens with zero attached hydrogens (tertiary/aromatic N) is 3. The van der Waals surface area contributed by atoms with Crippen LogP contribution in [0.4, 0.5) is 13.2 Å². The number of aryl methyl sites for hydroxylation is 1. The Morgan fingerprint density at radius 2 is 1.49 bits per heavy atom. The monoisotopic (exact) mass is 535 g/mol. The van der Waals surface area contributed by atoms with Crippen LogP contribution in [0.2, 0.25) is 0 Å². The number of rotatable bonds is 10. The molecule has 1 aliphatic rings. The normalized spacial score (nSPS) is 14.9. The number of hydrogen-bond acceptors (Lipinski definition) is 5. The summed E-state index contributed by atoms with van der Waals surface area (Å²) in [6.45, 7) is 4.56. The molecule has 1 aliphatic heterocycles. The van der Waals surface area contributed by atoms with Crippen LogP contribution in [0.1, 0.15) is 29.7 Å². The minimum absolute atomic E-state index is 0.332. The van der Waals surface area contributed by atoms with E-state index in [-0.39, 0.29) is 0 Å². The third kappa shape index (κ3) is 7.49. The lowest BCUT2D eigenvalue weighted by molar-refractivity contribution is -0.138. The highest BCUT2D eigenvalue weighted by Gasteiger charge is 2.33. The Bertz CT molecular complexity index is 1330.